The molecular formula is C10H8BrNO3S. The first-order valence-corrected chi connectivity index (χ1v) is 6.69. The molecular weight excluding hydrogens is 294 g/mol. The first-order chi connectivity index (χ1) is 7.48. The normalized spacial score (nSPS) is 17.3. The number of carbonyl (C=O) groups is 1. The lowest BCUT2D eigenvalue weighted by Gasteiger charge is -2.11. The highest BCUT2D eigenvalue weighted by Crippen LogP contribution is 2.31. The third kappa shape index (κ3) is 1.49. The largest absolute Gasteiger partial charge is 0.269 e. The highest BCUT2D eigenvalue weighted by molar-refractivity contribution is 9.10. The molecule has 0 spiro atoms. The SMILES string of the molecule is C=CCN1C(=O)c2cc(Br)ccc2S1(=O)=O. The first kappa shape index (κ1) is 11.3. The molecule has 16 heavy (non-hydrogen) atoms. The molecule has 0 N–H and O–H groups in total. The Bertz CT molecular complexity index is 580. The molecule has 84 valence electrons. The van der Waals surface area contributed by atoms with Crippen LogP contribution in [0.4, 0.5) is 0 Å². The molecule has 1 amide bonds. The zero-order valence-electron chi connectivity index (χ0n) is 8.18. The van der Waals surface area contributed by atoms with E-state index >= 15 is 0 Å². The molecule has 0 atom stereocenters. The predicted molar refractivity (Wildman–Crippen MR) is 62.6 cm³/mol. The van der Waals surface area contributed by atoms with Crippen molar-refractivity contribution in [3.63, 3.8) is 0 Å². The van der Waals surface area contributed by atoms with Gasteiger partial charge in [0.05, 0.1) is 12.1 Å². The summed E-state index contributed by atoms with van der Waals surface area (Å²) in [6, 6.07) is 4.54. The molecule has 1 aromatic carbocycles. The van der Waals surface area contributed by atoms with E-state index in [1.807, 2.05) is 0 Å². The fourth-order valence-corrected chi connectivity index (χ4v) is 3.44. The number of rotatable bonds is 2. The maximum atomic E-state index is 11.9. The van der Waals surface area contributed by atoms with Crippen LogP contribution < -0.4 is 0 Å². The number of carbonyl (C=O) groups excluding carboxylic acids is 1. The maximum Gasteiger partial charge on any atom is 0.269 e. The van der Waals surface area contributed by atoms with Crippen molar-refractivity contribution in [3.05, 3.63) is 40.9 Å². The summed E-state index contributed by atoms with van der Waals surface area (Å²) < 4.78 is 25.4. The Hall–Kier alpha value is -1.14. The molecule has 0 aromatic heterocycles. The fraction of sp³-hybridized carbons (Fsp3) is 0.100. The van der Waals surface area contributed by atoms with Gasteiger partial charge in [-0.1, -0.05) is 22.0 Å². The monoisotopic (exact) mass is 301 g/mol. The molecule has 1 aliphatic heterocycles. The van der Waals surface area contributed by atoms with Crippen molar-refractivity contribution in [2.45, 2.75) is 4.90 Å². The summed E-state index contributed by atoms with van der Waals surface area (Å²) >= 11 is 3.20. The summed E-state index contributed by atoms with van der Waals surface area (Å²) in [7, 11) is -3.68. The standard InChI is InChI=1S/C10H8BrNO3S/c1-2-5-12-10(13)8-6-7(11)3-4-9(8)16(12,14)15/h2-4,6H,1,5H2. The predicted octanol–water partition coefficient (Wildman–Crippen LogP) is 1.78. The lowest BCUT2D eigenvalue weighted by Crippen LogP contribution is -2.29. The second kappa shape index (κ2) is 3.71. The highest BCUT2D eigenvalue weighted by Gasteiger charge is 2.40. The molecule has 0 saturated carbocycles. The van der Waals surface area contributed by atoms with Crippen LogP contribution in [-0.2, 0) is 10.0 Å². The minimum absolute atomic E-state index is 0.00648. The highest BCUT2D eigenvalue weighted by atomic mass is 79.9. The number of nitrogens with zero attached hydrogens (tertiary/aromatic N) is 1. The summed E-state index contributed by atoms with van der Waals surface area (Å²) in [5.41, 5.74) is 0.205. The van der Waals surface area contributed by atoms with Gasteiger partial charge < -0.3 is 0 Å². The van der Waals surface area contributed by atoms with Crippen LogP contribution in [-0.4, -0.2) is 25.2 Å². The van der Waals surface area contributed by atoms with Gasteiger partial charge in [-0.3, -0.25) is 4.79 Å². The molecule has 2 rings (SSSR count). The van der Waals surface area contributed by atoms with E-state index in [9.17, 15) is 13.2 Å². The van der Waals surface area contributed by atoms with Gasteiger partial charge in [0.1, 0.15) is 4.90 Å². The molecule has 0 unspecified atom stereocenters. The van der Waals surface area contributed by atoms with Gasteiger partial charge in [-0.2, -0.15) is 0 Å². The van der Waals surface area contributed by atoms with Crippen LogP contribution in [0.2, 0.25) is 0 Å². The Morgan fingerprint density at radius 1 is 1.44 bits per heavy atom. The van der Waals surface area contributed by atoms with Crippen LogP contribution in [0.3, 0.4) is 0 Å². The Balaban J connectivity index is 2.66. The molecule has 6 heteroatoms. The van der Waals surface area contributed by atoms with Crippen molar-refractivity contribution in [3.8, 4) is 0 Å². The van der Waals surface area contributed by atoms with Gasteiger partial charge in [0.15, 0.2) is 0 Å². The smallest absolute Gasteiger partial charge is 0.268 e. The molecule has 0 saturated heterocycles. The van der Waals surface area contributed by atoms with Crippen molar-refractivity contribution < 1.29 is 13.2 Å². The average Bonchev–Trinajstić information content (AvgIpc) is 2.40. The molecule has 0 radical (unpaired) electrons. The molecule has 0 bridgehead atoms. The second-order valence-corrected chi connectivity index (χ2v) is 6.02. The number of hydrogen-bond donors (Lipinski definition) is 0. The van der Waals surface area contributed by atoms with E-state index in [0.29, 0.717) is 4.47 Å². The average molecular weight is 302 g/mol. The summed E-state index contributed by atoms with van der Waals surface area (Å²) in [6.45, 7) is 3.43. The zero-order valence-corrected chi connectivity index (χ0v) is 10.6. The van der Waals surface area contributed by atoms with Crippen LogP contribution in [0.25, 0.3) is 0 Å². The number of hydrogen-bond acceptors (Lipinski definition) is 3. The van der Waals surface area contributed by atoms with Crippen molar-refractivity contribution in [2.24, 2.45) is 0 Å². The van der Waals surface area contributed by atoms with Crippen molar-refractivity contribution >= 4 is 31.9 Å². The van der Waals surface area contributed by atoms with Crippen LogP contribution in [0.5, 0.6) is 0 Å². The lowest BCUT2D eigenvalue weighted by atomic mass is 10.2. The van der Waals surface area contributed by atoms with Crippen LogP contribution in [0, 0.1) is 0 Å². The lowest BCUT2D eigenvalue weighted by molar-refractivity contribution is 0.0880. The van der Waals surface area contributed by atoms with Crippen LogP contribution in [0.15, 0.2) is 40.2 Å². The van der Waals surface area contributed by atoms with Crippen molar-refractivity contribution in [2.75, 3.05) is 6.54 Å². The van der Waals surface area contributed by atoms with Gasteiger partial charge in [0.25, 0.3) is 15.9 Å². The number of halogens is 1. The van der Waals surface area contributed by atoms with Gasteiger partial charge in [0, 0.05) is 4.47 Å². The second-order valence-electron chi connectivity index (χ2n) is 3.27. The Labute approximate surface area is 102 Å². The van der Waals surface area contributed by atoms with E-state index in [-0.39, 0.29) is 17.0 Å². The zero-order chi connectivity index (χ0) is 11.9. The minimum atomic E-state index is -3.68. The van der Waals surface area contributed by atoms with Gasteiger partial charge >= 0.3 is 0 Å². The van der Waals surface area contributed by atoms with Crippen molar-refractivity contribution in [1.82, 2.24) is 4.31 Å². The van der Waals surface area contributed by atoms with E-state index in [4.69, 9.17) is 0 Å². The maximum absolute atomic E-state index is 11.9. The first-order valence-electron chi connectivity index (χ1n) is 4.46. The topological polar surface area (TPSA) is 54.5 Å². The van der Waals surface area contributed by atoms with Gasteiger partial charge in [-0.05, 0) is 18.2 Å². The van der Waals surface area contributed by atoms with Crippen LogP contribution >= 0.6 is 15.9 Å². The van der Waals surface area contributed by atoms with E-state index in [0.717, 1.165) is 4.31 Å². The Morgan fingerprint density at radius 2 is 2.12 bits per heavy atom. The van der Waals surface area contributed by atoms with E-state index in [1.165, 1.54) is 18.2 Å². The molecule has 4 nitrogen and oxygen atoms in total. The Morgan fingerprint density at radius 3 is 2.75 bits per heavy atom. The molecule has 1 aliphatic rings. The molecule has 1 heterocycles. The van der Waals surface area contributed by atoms with Gasteiger partial charge in [0.2, 0.25) is 0 Å². The number of amides is 1. The fourth-order valence-electron chi connectivity index (χ4n) is 1.55. The summed E-state index contributed by atoms with van der Waals surface area (Å²) in [5.74, 6) is -0.504. The third-order valence-corrected chi connectivity index (χ3v) is 4.56. The quantitative estimate of drug-likeness (QED) is 0.783. The van der Waals surface area contributed by atoms with E-state index < -0.39 is 15.9 Å². The molecule has 0 aliphatic carbocycles. The number of sulfonamides is 1. The van der Waals surface area contributed by atoms with Gasteiger partial charge in [-0.15, -0.1) is 6.58 Å². The summed E-state index contributed by atoms with van der Waals surface area (Å²) in [4.78, 5) is 11.9. The number of fused-ring (bicyclic) bond motifs is 1. The third-order valence-electron chi connectivity index (χ3n) is 2.26. The minimum Gasteiger partial charge on any atom is -0.268 e. The summed E-state index contributed by atoms with van der Waals surface area (Å²) in [5, 5.41) is 0. The Kier molecular flexibility index (Phi) is 2.63. The van der Waals surface area contributed by atoms with Crippen LogP contribution in [0.1, 0.15) is 10.4 Å². The summed E-state index contributed by atoms with van der Waals surface area (Å²) in [6.07, 6.45) is 1.39. The molecule has 0 fully saturated rings. The van der Waals surface area contributed by atoms with Gasteiger partial charge in [-0.25, -0.2) is 12.7 Å². The van der Waals surface area contributed by atoms with E-state index in [1.54, 1.807) is 6.07 Å². The van der Waals surface area contributed by atoms with Crippen molar-refractivity contribution in [1.29, 1.82) is 0 Å². The van der Waals surface area contributed by atoms with E-state index in [2.05, 4.69) is 22.5 Å². The molecule has 1 aromatic rings. The number of benzene rings is 1.